The zero-order chi connectivity index (χ0) is 25.7. The Hall–Kier alpha value is -4.54. The van der Waals surface area contributed by atoms with E-state index in [1.807, 2.05) is 60.7 Å². The van der Waals surface area contributed by atoms with Gasteiger partial charge in [0.25, 0.3) is 0 Å². The van der Waals surface area contributed by atoms with Gasteiger partial charge < -0.3 is 0 Å². The Bertz CT molecular complexity index is 1650. The van der Waals surface area contributed by atoms with Crippen LogP contribution in [0.4, 0.5) is 17.3 Å². The van der Waals surface area contributed by atoms with Gasteiger partial charge in [0.15, 0.2) is 0 Å². The van der Waals surface area contributed by atoms with Gasteiger partial charge in [-0.1, -0.05) is 115 Å². The topological polar surface area (TPSA) is 29.0 Å². The molecule has 0 aliphatic carbocycles. The second-order valence-electron chi connectivity index (χ2n) is 8.87. The van der Waals surface area contributed by atoms with Crippen LogP contribution in [0.1, 0.15) is 0 Å². The second-order valence-corrected chi connectivity index (χ2v) is 9.72. The van der Waals surface area contributed by atoms with E-state index in [9.17, 15) is 0 Å². The van der Waals surface area contributed by atoms with Gasteiger partial charge >= 0.3 is 0 Å². The van der Waals surface area contributed by atoms with Crippen molar-refractivity contribution in [1.82, 2.24) is 9.97 Å². The standard InChI is InChI=1S/C34H24BrN3/c35-30-18-10-11-19-33(30)38(29-16-8-3-9-17-29)34-36-31(27-14-6-2-7-15-27)24-32(37-34)28-22-20-26(21-23-28)25-12-4-1-5-13-25/h1-24H. The molecule has 0 unspecified atom stereocenters. The zero-order valence-corrected chi connectivity index (χ0v) is 22.2. The van der Waals surface area contributed by atoms with Crippen LogP contribution in [0.2, 0.25) is 0 Å². The van der Waals surface area contributed by atoms with E-state index in [4.69, 9.17) is 9.97 Å². The Labute approximate surface area is 231 Å². The van der Waals surface area contributed by atoms with Crippen LogP contribution in [-0.2, 0) is 0 Å². The summed E-state index contributed by atoms with van der Waals surface area (Å²) in [7, 11) is 0. The Kier molecular flexibility index (Phi) is 6.79. The highest BCUT2D eigenvalue weighted by molar-refractivity contribution is 9.10. The van der Waals surface area contributed by atoms with Gasteiger partial charge in [0.1, 0.15) is 0 Å². The Morgan fingerprint density at radius 1 is 0.447 bits per heavy atom. The highest BCUT2D eigenvalue weighted by Gasteiger charge is 2.20. The average Bonchev–Trinajstić information content (AvgIpc) is 3.00. The summed E-state index contributed by atoms with van der Waals surface area (Å²) in [6.45, 7) is 0. The van der Waals surface area contributed by atoms with Crippen molar-refractivity contribution in [2.45, 2.75) is 0 Å². The third kappa shape index (κ3) is 4.99. The van der Waals surface area contributed by atoms with Gasteiger partial charge in [-0.2, -0.15) is 0 Å². The Morgan fingerprint density at radius 3 is 1.50 bits per heavy atom. The Morgan fingerprint density at radius 2 is 0.895 bits per heavy atom. The van der Waals surface area contributed by atoms with E-state index in [2.05, 4.69) is 106 Å². The second kappa shape index (κ2) is 10.8. The first kappa shape index (κ1) is 23.8. The van der Waals surface area contributed by atoms with Gasteiger partial charge in [-0.25, -0.2) is 9.97 Å². The molecule has 0 spiro atoms. The summed E-state index contributed by atoms with van der Waals surface area (Å²) in [5.41, 5.74) is 8.11. The summed E-state index contributed by atoms with van der Waals surface area (Å²) >= 11 is 3.75. The first-order chi connectivity index (χ1) is 18.8. The van der Waals surface area contributed by atoms with Crippen LogP contribution in [-0.4, -0.2) is 9.97 Å². The number of rotatable bonds is 6. The predicted molar refractivity (Wildman–Crippen MR) is 161 cm³/mol. The van der Waals surface area contributed by atoms with Crippen molar-refractivity contribution in [1.29, 1.82) is 0 Å². The van der Waals surface area contributed by atoms with Crippen molar-refractivity contribution in [2.24, 2.45) is 0 Å². The summed E-state index contributed by atoms with van der Waals surface area (Å²) in [6, 6.07) is 49.7. The molecule has 38 heavy (non-hydrogen) atoms. The van der Waals surface area contributed by atoms with Crippen molar-refractivity contribution >= 4 is 33.3 Å². The minimum atomic E-state index is 0.603. The minimum Gasteiger partial charge on any atom is -0.278 e. The number of hydrogen-bond acceptors (Lipinski definition) is 3. The van der Waals surface area contributed by atoms with E-state index in [0.717, 1.165) is 38.4 Å². The van der Waals surface area contributed by atoms with Gasteiger partial charge in [-0.05, 0) is 57.4 Å². The fraction of sp³-hybridized carbons (Fsp3) is 0. The van der Waals surface area contributed by atoms with Crippen LogP contribution in [0.15, 0.2) is 150 Å². The number of nitrogens with zero attached hydrogens (tertiary/aromatic N) is 3. The molecule has 182 valence electrons. The number of halogens is 1. The molecule has 0 fully saturated rings. The molecule has 0 saturated heterocycles. The average molecular weight is 554 g/mol. The summed E-state index contributed by atoms with van der Waals surface area (Å²) in [4.78, 5) is 12.3. The van der Waals surface area contributed by atoms with Crippen LogP contribution in [0, 0.1) is 0 Å². The maximum absolute atomic E-state index is 5.12. The maximum Gasteiger partial charge on any atom is 0.235 e. The fourth-order valence-corrected chi connectivity index (χ4v) is 4.94. The SMILES string of the molecule is Brc1ccccc1N(c1ccccc1)c1nc(-c2ccccc2)cc(-c2ccc(-c3ccccc3)cc2)n1. The summed E-state index contributed by atoms with van der Waals surface area (Å²) in [5, 5.41) is 0. The molecular weight excluding hydrogens is 530 g/mol. The Balaban J connectivity index is 1.53. The van der Waals surface area contributed by atoms with Gasteiger partial charge in [0.2, 0.25) is 5.95 Å². The monoisotopic (exact) mass is 553 g/mol. The molecule has 0 aliphatic rings. The van der Waals surface area contributed by atoms with Gasteiger partial charge in [0, 0.05) is 21.3 Å². The molecule has 6 rings (SSSR count). The smallest absolute Gasteiger partial charge is 0.235 e. The van der Waals surface area contributed by atoms with Crippen LogP contribution in [0.25, 0.3) is 33.6 Å². The molecule has 3 nitrogen and oxygen atoms in total. The highest BCUT2D eigenvalue weighted by atomic mass is 79.9. The molecule has 0 saturated carbocycles. The normalized spacial score (nSPS) is 10.8. The fourth-order valence-electron chi connectivity index (χ4n) is 4.48. The predicted octanol–water partition coefficient (Wildman–Crippen LogP) is 9.71. The molecule has 6 aromatic rings. The molecule has 0 bridgehead atoms. The largest absolute Gasteiger partial charge is 0.278 e. The van der Waals surface area contributed by atoms with Crippen LogP contribution in [0.3, 0.4) is 0 Å². The van der Waals surface area contributed by atoms with E-state index in [-0.39, 0.29) is 0 Å². The van der Waals surface area contributed by atoms with E-state index in [1.165, 1.54) is 11.1 Å². The van der Waals surface area contributed by atoms with Crippen molar-refractivity contribution < 1.29 is 0 Å². The summed E-state index contributed by atoms with van der Waals surface area (Å²) < 4.78 is 0.964. The molecule has 4 heteroatoms. The van der Waals surface area contributed by atoms with E-state index in [1.54, 1.807) is 0 Å². The first-order valence-corrected chi connectivity index (χ1v) is 13.3. The molecular formula is C34H24BrN3. The highest BCUT2D eigenvalue weighted by Crippen LogP contribution is 2.38. The summed E-state index contributed by atoms with van der Waals surface area (Å²) in [5.74, 6) is 0.603. The van der Waals surface area contributed by atoms with Crippen LogP contribution >= 0.6 is 15.9 Å². The number of aromatic nitrogens is 2. The van der Waals surface area contributed by atoms with Gasteiger partial charge in [0.05, 0.1) is 17.1 Å². The third-order valence-electron chi connectivity index (χ3n) is 6.38. The van der Waals surface area contributed by atoms with Crippen LogP contribution in [0.5, 0.6) is 0 Å². The number of hydrogen-bond donors (Lipinski definition) is 0. The molecule has 0 N–H and O–H groups in total. The first-order valence-electron chi connectivity index (χ1n) is 12.5. The van der Waals surface area contributed by atoms with E-state index < -0.39 is 0 Å². The third-order valence-corrected chi connectivity index (χ3v) is 7.05. The molecule has 0 aliphatic heterocycles. The maximum atomic E-state index is 5.12. The molecule has 0 radical (unpaired) electrons. The lowest BCUT2D eigenvalue weighted by Gasteiger charge is -2.25. The van der Waals surface area contributed by atoms with Crippen molar-refractivity contribution in [3.8, 4) is 33.6 Å². The lowest BCUT2D eigenvalue weighted by atomic mass is 10.0. The minimum absolute atomic E-state index is 0.603. The summed E-state index contributed by atoms with van der Waals surface area (Å²) in [6.07, 6.45) is 0. The quantitative estimate of drug-likeness (QED) is 0.205. The van der Waals surface area contributed by atoms with Crippen molar-refractivity contribution in [3.63, 3.8) is 0 Å². The zero-order valence-electron chi connectivity index (χ0n) is 20.6. The lowest BCUT2D eigenvalue weighted by molar-refractivity contribution is 1.08. The number of benzene rings is 5. The van der Waals surface area contributed by atoms with Crippen molar-refractivity contribution in [3.05, 3.63) is 150 Å². The van der Waals surface area contributed by atoms with Crippen LogP contribution < -0.4 is 4.90 Å². The number of anilines is 3. The number of para-hydroxylation sites is 2. The molecule has 5 aromatic carbocycles. The molecule has 0 atom stereocenters. The molecule has 1 heterocycles. The van der Waals surface area contributed by atoms with Gasteiger partial charge in [-0.3, -0.25) is 4.90 Å². The van der Waals surface area contributed by atoms with Crippen molar-refractivity contribution in [2.75, 3.05) is 4.90 Å². The molecule has 1 aromatic heterocycles. The molecule has 0 amide bonds. The lowest BCUT2D eigenvalue weighted by Crippen LogP contribution is -2.14. The van der Waals surface area contributed by atoms with E-state index >= 15 is 0 Å². The van der Waals surface area contributed by atoms with E-state index in [0.29, 0.717) is 5.95 Å². The van der Waals surface area contributed by atoms with Gasteiger partial charge in [-0.15, -0.1) is 0 Å².